The van der Waals surface area contributed by atoms with Gasteiger partial charge >= 0.3 is 0 Å². The SMILES string of the molecule is Cc1csc(CC(NN)c2cn(C)cn2)n1. The quantitative estimate of drug-likeness (QED) is 0.613. The molecule has 0 fully saturated rings. The molecule has 0 aliphatic carbocycles. The van der Waals surface area contributed by atoms with Crippen LogP contribution in [0.1, 0.15) is 22.4 Å². The fourth-order valence-electron chi connectivity index (χ4n) is 1.53. The number of imidazole rings is 1. The first-order valence-electron chi connectivity index (χ1n) is 5.04. The Morgan fingerprint density at radius 2 is 2.44 bits per heavy atom. The summed E-state index contributed by atoms with van der Waals surface area (Å²) in [4.78, 5) is 8.71. The summed E-state index contributed by atoms with van der Waals surface area (Å²) in [6, 6.07) is 0.0201. The highest BCUT2D eigenvalue weighted by Gasteiger charge is 2.14. The van der Waals surface area contributed by atoms with E-state index in [4.69, 9.17) is 5.84 Å². The zero-order valence-corrected chi connectivity index (χ0v) is 10.2. The van der Waals surface area contributed by atoms with E-state index < -0.39 is 0 Å². The number of rotatable bonds is 4. The van der Waals surface area contributed by atoms with Crippen LogP contribution in [0.4, 0.5) is 0 Å². The summed E-state index contributed by atoms with van der Waals surface area (Å²) in [6.45, 7) is 1.99. The number of hydrazine groups is 1. The van der Waals surface area contributed by atoms with Crippen LogP contribution in [0.25, 0.3) is 0 Å². The lowest BCUT2D eigenvalue weighted by Crippen LogP contribution is -2.29. The van der Waals surface area contributed by atoms with Crippen LogP contribution in [-0.2, 0) is 13.5 Å². The molecule has 2 rings (SSSR count). The predicted molar refractivity (Wildman–Crippen MR) is 63.8 cm³/mol. The molecule has 2 aromatic heterocycles. The second-order valence-corrected chi connectivity index (χ2v) is 4.71. The highest BCUT2D eigenvalue weighted by molar-refractivity contribution is 7.09. The van der Waals surface area contributed by atoms with Crippen LogP contribution >= 0.6 is 11.3 Å². The molecule has 0 saturated carbocycles. The van der Waals surface area contributed by atoms with Crippen LogP contribution in [0, 0.1) is 6.92 Å². The van der Waals surface area contributed by atoms with Gasteiger partial charge in [-0.1, -0.05) is 0 Å². The van der Waals surface area contributed by atoms with Gasteiger partial charge in [0.05, 0.1) is 23.1 Å². The molecule has 0 spiro atoms. The van der Waals surface area contributed by atoms with Crippen molar-refractivity contribution in [1.29, 1.82) is 0 Å². The number of nitrogens with one attached hydrogen (secondary N) is 1. The normalized spacial score (nSPS) is 12.9. The molecule has 86 valence electrons. The van der Waals surface area contributed by atoms with Crippen LogP contribution in [0.15, 0.2) is 17.9 Å². The fourth-order valence-corrected chi connectivity index (χ4v) is 2.35. The maximum Gasteiger partial charge on any atom is 0.0948 e. The van der Waals surface area contributed by atoms with Crippen LogP contribution in [0.5, 0.6) is 0 Å². The summed E-state index contributed by atoms with van der Waals surface area (Å²) in [5.41, 5.74) is 4.78. The summed E-state index contributed by atoms with van der Waals surface area (Å²) in [7, 11) is 1.94. The smallest absolute Gasteiger partial charge is 0.0948 e. The molecule has 2 heterocycles. The molecule has 16 heavy (non-hydrogen) atoms. The maximum atomic E-state index is 5.55. The summed E-state index contributed by atoms with van der Waals surface area (Å²) < 4.78 is 1.91. The molecule has 6 heteroatoms. The lowest BCUT2D eigenvalue weighted by molar-refractivity contribution is 0.538. The van der Waals surface area contributed by atoms with Crippen molar-refractivity contribution >= 4 is 11.3 Å². The highest BCUT2D eigenvalue weighted by atomic mass is 32.1. The first-order valence-corrected chi connectivity index (χ1v) is 5.92. The molecule has 0 aliphatic rings. The van der Waals surface area contributed by atoms with Crippen molar-refractivity contribution in [3.63, 3.8) is 0 Å². The maximum absolute atomic E-state index is 5.55. The van der Waals surface area contributed by atoms with Gasteiger partial charge < -0.3 is 4.57 Å². The third kappa shape index (κ3) is 2.46. The van der Waals surface area contributed by atoms with Crippen molar-refractivity contribution in [2.75, 3.05) is 0 Å². The molecule has 0 bridgehead atoms. The minimum atomic E-state index is 0.0201. The number of nitrogens with zero attached hydrogens (tertiary/aromatic N) is 3. The van der Waals surface area contributed by atoms with E-state index in [1.807, 2.05) is 30.1 Å². The summed E-state index contributed by atoms with van der Waals surface area (Å²) >= 11 is 1.65. The Bertz CT molecular complexity index is 461. The average molecular weight is 237 g/mol. The zero-order chi connectivity index (χ0) is 11.5. The van der Waals surface area contributed by atoms with E-state index in [2.05, 4.69) is 15.4 Å². The number of aryl methyl sites for hydroxylation is 2. The molecule has 0 aromatic carbocycles. The van der Waals surface area contributed by atoms with Crippen molar-refractivity contribution < 1.29 is 0 Å². The first-order chi connectivity index (χ1) is 7.69. The Morgan fingerprint density at radius 1 is 1.62 bits per heavy atom. The van der Waals surface area contributed by atoms with Gasteiger partial charge in [0, 0.05) is 30.7 Å². The average Bonchev–Trinajstić information content (AvgIpc) is 2.84. The van der Waals surface area contributed by atoms with E-state index in [9.17, 15) is 0 Å². The van der Waals surface area contributed by atoms with E-state index in [0.29, 0.717) is 0 Å². The van der Waals surface area contributed by atoms with Gasteiger partial charge in [-0.25, -0.2) is 9.97 Å². The third-order valence-electron chi connectivity index (χ3n) is 2.33. The molecule has 0 saturated heterocycles. The molecule has 0 aliphatic heterocycles. The predicted octanol–water partition coefficient (Wildman–Crippen LogP) is 0.932. The summed E-state index contributed by atoms with van der Waals surface area (Å²) in [5.74, 6) is 5.55. The van der Waals surface area contributed by atoms with Gasteiger partial charge in [-0.3, -0.25) is 11.3 Å². The Labute approximate surface area is 98.3 Å². The highest BCUT2D eigenvalue weighted by Crippen LogP contribution is 2.18. The monoisotopic (exact) mass is 237 g/mol. The van der Waals surface area contributed by atoms with E-state index in [1.165, 1.54) is 0 Å². The van der Waals surface area contributed by atoms with Crippen molar-refractivity contribution in [3.8, 4) is 0 Å². The Morgan fingerprint density at radius 3 is 2.94 bits per heavy atom. The number of hydrogen-bond donors (Lipinski definition) is 2. The van der Waals surface area contributed by atoms with Gasteiger partial charge in [-0.05, 0) is 6.92 Å². The molecule has 3 N–H and O–H groups in total. The van der Waals surface area contributed by atoms with Crippen molar-refractivity contribution in [3.05, 3.63) is 34.3 Å². The number of hydrogen-bond acceptors (Lipinski definition) is 5. The van der Waals surface area contributed by atoms with Crippen molar-refractivity contribution in [2.24, 2.45) is 12.9 Å². The van der Waals surface area contributed by atoms with Gasteiger partial charge in [-0.2, -0.15) is 0 Å². The Kier molecular flexibility index (Phi) is 3.33. The second kappa shape index (κ2) is 4.73. The molecule has 5 nitrogen and oxygen atoms in total. The van der Waals surface area contributed by atoms with Gasteiger partial charge in [-0.15, -0.1) is 11.3 Å². The lowest BCUT2D eigenvalue weighted by atomic mass is 10.2. The number of aromatic nitrogens is 3. The fraction of sp³-hybridized carbons (Fsp3) is 0.400. The van der Waals surface area contributed by atoms with Crippen LogP contribution in [-0.4, -0.2) is 14.5 Å². The van der Waals surface area contributed by atoms with E-state index >= 15 is 0 Å². The topological polar surface area (TPSA) is 68.8 Å². The largest absolute Gasteiger partial charge is 0.340 e. The molecular formula is C10H15N5S. The molecule has 1 unspecified atom stereocenters. The molecule has 0 radical (unpaired) electrons. The van der Waals surface area contributed by atoms with Crippen molar-refractivity contribution in [1.82, 2.24) is 20.0 Å². The zero-order valence-electron chi connectivity index (χ0n) is 9.34. The lowest BCUT2D eigenvalue weighted by Gasteiger charge is -2.11. The van der Waals surface area contributed by atoms with E-state index in [0.717, 1.165) is 22.8 Å². The van der Waals surface area contributed by atoms with Crippen LogP contribution in [0.3, 0.4) is 0 Å². The molecule has 2 aromatic rings. The molecule has 1 atom stereocenters. The third-order valence-corrected chi connectivity index (χ3v) is 3.32. The summed E-state index contributed by atoms with van der Waals surface area (Å²) in [6.07, 6.45) is 4.50. The minimum absolute atomic E-state index is 0.0201. The standard InChI is InChI=1S/C10H15N5S/c1-7-5-16-10(13-7)3-8(14-11)9-4-15(2)6-12-9/h4-6,8,14H,3,11H2,1-2H3. The van der Waals surface area contributed by atoms with E-state index in [1.54, 1.807) is 17.7 Å². The minimum Gasteiger partial charge on any atom is -0.340 e. The van der Waals surface area contributed by atoms with Crippen LogP contribution in [0.2, 0.25) is 0 Å². The Balaban J connectivity index is 2.12. The van der Waals surface area contributed by atoms with Crippen molar-refractivity contribution in [2.45, 2.75) is 19.4 Å². The van der Waals surface area contributed by atoms with Gasteiger partial charge in [0.2, 0.25) is 0 Å². The molecular weight excluding hydrogens is 222 g/mol. The van der Waals surface area contributed by atoms with Crippen LogP contribution < -0.4 is 11.3 Å². The summed E-state index contributed by atoms with van der Waals surface area (Å²) in [5, 5.41) is 3.12. The van der Waals surface area contributed by atoms with E-state index in [-0.39, 0.29) is 6.04 Å². The second-order valence-electron chi connectivity index (χ2n) is 3.77. The van der Waals surface area contributed by atoms with Gasteiger partial charge in [0.25, 0.3) is 0 Å². The first kappa shape index (κ1) is 11.3. The van der Waals surface area contributed by atoms with Gasteiger partial charge in [0.1, 0.15) is 0 Å². The Hall–Kier alpha value is -1.24. The number of nitrogens with two attached hydrogens (primary N) is 1. The molecule has 0 amide bonds. The number of thiazole rings is 1. The van der Waals surface area contributed by atoms with Gasteiger partial charge in [0.15, 0.2) is 0 Å².